The minimum absolute atomic E-state index is 0.876. The van der Waals surface area contributed by atoms with Gasteiger partial charge >= 0.3 is 0 Å². The normalized spacial score (nSPS) is 12.1. The summed E-state index contributed by atoms with van der Waals surface area (Å²) in [4.78, 5) is 10.6. The Labute approximate surface area is 314 Å². The van der Waals surface area contributed by atoms with Crippen molar-refractivity contribution in [2.75, 3.05) is 0 Å². The molecule has 0 aliphatic rings. The number of rotatable bonds is 4. The van der Waals surface area contributed by atoms with Crippen molar-refractivity contribution >= 4 is 85.9 Å². The van der Waals surface area contributed by atoms with E-state index in [-0.39, 0.29) is 0 Å². The average Bonchev–Trinajstić information content (AvgIpc) is 3.49. The SMILES string of the molecule is c1ccc(-c2ccc(-c3nc4ccccc4nc3-c3ccc(-n4c5ccc6cccc7sc8cccc9ccc4c(c98)c5c67)c4ccccc34)cc2)cc1. The Morgan fingerprint density at radius 3 is 1.59 bits per heavy atom. The summed E-state index contributed by atoms with van der Waals surface area (Å²) in [5.74, 6) is 0. The highest BCUT2D eigenvalue weighted by molar-refractivity contribution is 7.24. The first-order valence-electron chi connectivity index (χ1n) is 18.3. The zero-order chi connectivity index (χ0) is 35.3. The predicted molar refractivity (Wildman–Crippen MR) is 229 cm³/mol. The molecule has 0 aliphatic carbocycles. The van der Waals surface area contributed by atoms with E-state index >= 15 is 0 Å². The molecule has 0 unspecified atom stereocenters. The molecule has 0 amide bonds. The molecule has 12 rings (SSSR count). The van der Waals surface area contributed by atoms with Crippen molar-refractivity contribution in [3.63, 3.8) is 0 Å². The molecule has 0 atom stereocenters. The molecule has 4 heteroatoms. The van der Waals surface area contributed by atoms with Crippen molar-refractivity contribution in [1.29, 1.82) is 0 Å². The smallest absolute Gasteiger partial charge is 0.0979 e. The third kappa shape index (κ3) is 4.23. The molecular formula is C50H29N3S. The third-order valence-electron chi connectivity index (χ3n) is 11.2. The van der Waals surface area contributed by atoms with Crippen molar-refractivity contribution in [3.8, 4) is 39.3 Å². The summed E-state index contributed by atoms with van der Waals surface area (Å²) in [6, 6.07) is 63.4. The zero-order valence-electron chi connectivity index (χ0n) is 29.0. The first-order chi connectivity index (χ1) is 26.8. The lowest BCUT2D eigenvalue weighted by molar-refractivity contribution is 1.20. The van der Waals surface area contributed by atoms with Gasteiger partial charge in [0.15, 0.2) is 0 Å². The summed E-state index contributed by atoms with van der Waals surface area (Å²) in [7, 11) is 0. The topological polar surface area (TPSA) is 30.7 Å². The number of hydrogen-bond acceptors (Lipinski definition) is 3. The van der Waals surface area contributed by atoms with Gasteiger partial charge in [-0.05, 0) is 75.8 Å². The summed E-state index contributed by atoms with van der Waals surface area (Å²) in [5.41, 5.74) is 11.6. The predicted octanol–water partition coefficient (Wildman–Crippen LogP) is 13.8. The highest BCUT2D eigenvalue weighted by atomic mass is 32.1. The lowest BCUT2D eigenvalue weighted by Gasteiger charge is -2.17. The standard InChI is InChI=1S/C50H29N3S/c1-2-10-30(11-3-1)31-20-22-34(23-21-31)49-50(52-39-17-7-6-16-38(39)51-49)37-26-29-40(36-15-5-4-14-35(36)37)53-41-27-24-32-12-8-18-43-45(32)47(41)48-42(53)28-25-33-13-9-19-44(54-43)46(33)48/h1-29H. The number of fused-ring (bicyclic) bond motifs is 2. The molecule has 3 nitrogen and oxygen atoms in total. The molecule has 3 heterocycles. The molecule has 0 radical (unpaired) electrons. The Hall–Kier alpha value is -6.88. The minimum atomic E-state index is 0.876. The number of nitrogens with zero attached hydrogens (tertiary/aromatic N) is 3. The van der Waals surface area contributed by atoms with Gasteiger partial charge in [-0.3, -0.25) is 0 Å². The molecule has 0 N–H and O–H groups in total. The molecular weight excluding hydrogens is 675 g/mol. The fourth-order valence-electron chi connectivity index (χ4n) is 8.75. The largest absolute Gasteiger partial charge is 0.309 e. The fraction of sp³-hybridized carbons (Fsp3) is 0. The molecule has 0 saturated heterocycles. The average molecular weight is 704 g/mol. The third-order valence-corrected chi connectivity index (χ3v) is 12.3. The first kappa shape index (κ1) is 29.7. The van der Waals surface area contributed by atoms with Crippen molar-refractivity contribution in [2.24, 2.45) is 0 Å². The molecule has 0 fully saturated rings. The van der Waals surface area contributed by atoms with E-state index in [1.54, 1.807) is 0 Å². The molecule has 0 bridgehead atoms. The van der Waals surface area contributed by atoms with Crippen LogP contribution < -0.4 is 0 Å². The van der Waals surface area contributed by atoms with Gasteiger partial charge < -0.3 is 4.57 Å². The van der Waals surface area contributed by atoms with Crippen LogP contribution in [0.25, 0.3) is 114 Å². The molecule has 3 aromatic heterocycles. The van der Waals surface area contributed by atoms with Crippen LogP contribution in [0, 0.1) is 0 Å². The van der Waals surface area contributed by atoms with E-state index in [0.29, 0.717) is 0 Å². The number of benzene rings is 9. The maximum absolute atomic E-state index is 5.36. The summed E-state index contributed by atoms with van der Waals surface area (Å²) >= 11 is 1.89. The van der Waals surface area contributed by atoms with Crippen LogP contribution in [0.15, 0.2) is 176 Å². The van der Waals surface area contributed by atoms with E-state index in [2.05, 4.69) is 168 Å². The van der Waals surface area contributed by atoms with Crippen LogP contribution in [0.2, 0.25) is 0 Å². The van der Waals surface area contributed by atoms with E-state index in [1.165, 1.54) is 69.3 Å². The van der Waals surface area contributed by atoms with Gasteiger partial charge in [-0.1, -0.05) is 127 Å². The summed E-state index contributed by atoms with van der Waals surface area (Å²) in [6.45, 7) is 0. The van der Waals surface area contributed by atoms with E-state index < -0.39 is 0 Å². The van der Waals surface area contributed by atoms with Crippen molar-refractivity contribution in [2.45, 2.75) is 0 Å². The minimum Gasteiger partial charge on any atom is -0.309 e. The van der Waals surface area contributed by atoms with Gasteiger partial charge in [0.2, 0.25) is 0 Å². The second-order valence-electron chi connectivity index (χ2n) is 14.1. The summed E-state index contributed by atoms with van der Waals surface area (Å²) in [6.07, 6.45) is 0. The van der Waals surface area contributed by atoms with Crippen LogP contribution in [0.1, 0.15) is 0 Å². The van der Waals surface area contributed by atoms with Gasteiger partial charge in [0.1, 0.15) is 0 Å². The summed E-state index contributed by atoms with van der Waals surface area (Å²) < 4.78 is 5.11. The highest BCUT2D eigenvalue weighted by Crippen LogP contribution is 2.47. The highest BCUT2D eigenvalue weighted by Gasteiger charge is 2.23. The monoisotopic (exact) mass is 703 g/mol. The van der Waals surface area contributed by atoms with E-state index in [4.69, 9.17) is 9.97 Å². The molecule has 0 aliphatic heterocycles. The van der Waals surface area contributed by atoms with Crippen molar-refractivity contribution in [3.05, 3.63) is 176 Å². The maximum atomic E-state index is 5.36. The second-order valence-corrected chi connectivity index (χ2v) is 15.2. The molecule has 9 aromatic carbocycles. The van der Waals surface area contributed by atoms with Gasteiger partial charge in [0.05, 0.1) is 39.1 Å². The van der Waals surface area contributed by atoms with Crippen LogP contribution in [0.3, 0.4) is 0 Å². The quantitative estimate of drug-likeness (QED) is 0.183. The van der Waals surface area contributed by atoms with Crippen LogP contribution in [0.5, 0.6) is 0 Å². The Bertz CT molecular complexity index is 3330. The Kier molecular flexibility index (Phi) is 6.21. The molecule has 0 spiro atoms. The van der Waals surface area contributed by atoms with Crippen LogP contribution in [-0.2, 0) is 0 Å². The molecule has 250 valence electrons. The fourth-order valence-corrected chi connectivity index (χ4v) is 9.92. The van der Waals surface area contributed by atoms with Crippen LogP contribution in [-0.4, -0.2) is 14.5 Å². The summed E-state index contributed by atoms with van der Waals surface area (Å²) in [5, 5.41) is 10.2. The van der Waals surface area contributed by atoms with E-state index in [0.717, 1.165) is 44.6 Å². The zero-order valence-corrected chi connectivity index (χ0v) is 29.8. The molecule has 12 aromatic rings. The van der Waals surface area contributed by atoms with Gasteiger partial charge in [-0.2, -0.15) is 0 Å². The van der Waals surface area contributed by atoms with Gasteiger partial charge in [-0.25, -0.2) is 9.97 Å². The van der Waals surface area contributed by atoms with Gasteiger partial charge in [0, 0.05) is 47.5 Å². The lowest BCUT2D eigenvalue weighted by atomic mass is 9.96. The molecule has 0 saturated carbocycles. The second kappa shape index (κ2) is 11.3. The van der Waals surface area contributed by atoms with Crippen LogP contribution in [0.4, 0.5) is 0 Å². The lowest BCUT2D eigenvalue weighted by Crippen LogP contribution is -1.99. The first-order valence-corrected chi connectivity index (χ1v) is 19.1. The van der Waals surface area contributed by atoms with E-state index in [9.17, 15) is 0 Å². The number of hydrogen-bond donors (Lipinski definition) is 0. The van der Waals surface area contributed by atoms with Gasteiger partial charge in [0.25, 0.3) is 0 Å². The Morgan fingerprint density at radius 1 is 0.370 bits per heavy atom. The number of para-hydroxylation sites is 2. The van der Waals surface area contributed by atoms with Crippen LogP contribution >= 0.6 is 11.3 Å². The Morgan fingerprint density at radius 2 is 0.926 bits per heavy atom. The van der Waals surface area contributed by atoms with Gasteiger partial charge in [-0.15, -0.1) is 11.3 Å². The maximum Gasteiger partial charge on any atom is 0.0979 e. The number of aromatic nitrogens is 3. The van der Waals surface area contributed by atoms with E-state index in [1.807, 2.05) is 23.5 Å². The van der Waals surface area contributed by atoms with Crippen molar-refractivity contribution < 1.29 is 0 Å². The molecule has 54 heavy (non-hydrogen) atoms. The Balaban J connectivity index is 1.13. The van der Waals surface area contributed by atoms with Crippen molar-refractivity contribution in [1.82, 2.24) is 14.5 Å².